The molecule has 1 aliphatic heterocycles. The molecular weight excluding hydrogens is 410 g/mol. The predicted octanol–water partition coefficient (Wildman–Crippen LogP) is 2.81. The molecule has 8 nitrogen and oxygen atoms in total. The molecule has 4 aromatic rings. The van der Waals surface area contributed by atoms with Crippen LogP contribution < -0.4 is 20.3 Å². The van der Waals surface area contributed by atoms with Crippen molar-refractivity contribution in [3.8, 4) is 22.8 Å². The highest BCUT2D eigenvalue weighted by Gasteiger charge is 2.17. The van der Waals surface area contributed by atoms with Crippen molar-refractivity contribution in [2.45, 2.75) is 6.54 Å². The van der Waals surface area contributed by atoms with Crippen molar-refractivity contribution in [1.82, 2.24) is 14.2 Å². The van der Waals surface area contributed by atoms with Gasteiger partial charge in [-0.25, -0.2) is 13.3 Å². The maximum atomic E-state index is 13.7. The minimum atomic E-state index is -0.776. The summed E-state index contributed by atoms with van der Waals surface area (Å²) in [6, 6.07) is 9.65. The SMILES string of the molecule is O=C(Cn1ccn2nc(-c3ccc4c(c3)OCO4)cc2c1=O)Nc1cc(F)ccc1F. The third-order valence-corrected chi connectivity index (χ3v) is 4.79. The zero-order valence-electron chi connectivity index (χ0n) is 15.8. The van der Waals surface area contributed by atoms with Crippen molar-refractivity contribution in [3.63, 3.8) is 0 Å². The van der Waals surface area contributed by atoms with Crippen molar-refractivity contribution in [2.24, 2.45) is 0 Å². The molecule has 0 spiro atoms. The number of hydrogen-bond donors (Lipinski definition) is 1. The summed E-state index contributed by atoms with van der Waals surface area (Å²) in [6.45, 7) is -0.230. The van der Waals surface area contributed by atoms with E-state index in [9.17, 15) is 18.4 Å². The minimum Gasteiger partial charge on any atom is -0.454 e. The molecule has 2 aromatic heterocycles. The molecule has 1 amide bonds. The van der Waals surface area contributed by atoms with Gasteiger partial charge in [0.2, 0.25) is 12.7 Å². The molecule has 0 saturated heterocycles. The second-order valence-electron chi connectivity index (χ2n) is 6.83. The number of hydrogen-bond acceptors (Lipinski definition) is 5. The van der Waals surface area contributed by atoms with Crippen molar-refractivity contribution in [3.05, 3.63) is 76.8 Å². The minimum absolute atomic E-state index is 0.149. The Bertz CT molecular complexity index is 1400. The first-order valence-corrected chi connectivity index (χ1v) is 9.22. The van der Waals surface area contributed by atoms with Gasteiger partial charge < -0.3 is 19.4 Å². The monoisotopic (exact) mass is 424 g/mol. The van der Waals surface area contributed by atoms with Crippen LogP contribution in [-0.4, -0.2) is 26.9 Å². The molecule has 5 rings (SSSR count). The first kappa shape index (κ1) is 18.8. The number of anilines is 1. The second-order valence-corrected chi connectivity index (χ2v) is 6.83. The van der Waals surface area contributed by atoms with Gasteiger partial charge >= 0.3 is 0 Å². The van der Waals surface area contributed by atoms with Crippen LogP contribution in [0.5, 0.6) is 11.5 Å². The molecule has 31 heavy (non-hydrogen) atoms. The number of nitrogens with one attached hydrogen (secondary N) is 1. The van der Waals surface area contributed by atoms with Gasteiger partial charge in [0.25, 0.3) is 5.56 Å². The highest BCUT2D eigenvalue weighted by Crippen LogP contribution is 2.35. The van der Waals surface area contributed by atoms with Crippen LogP contribution >= 0.6 is 0 Å². The first-order chi connectivity index (χ1) is 15.0. The Kier molecular flexibility index (Phi) is 4.39. The predicted molar refractivity (Wildman–Crippen MR) is 106 cm³/mol. The van der Waals surface area contributed by atoms with Gasteiger partial charge in [-0.1, -0.05) is 0 Å². The summed E-state index contributed by atoms with van der Waals surface area (Å²) in [4.78, 5) is 25.1. The van der Waals surface area contributed by atoms with Gasteiger partial charge in [0, 0.05) is 24.0 Å². The molecule has 3 heterocycles. The molecule has 156 valence electrons. The molecule has 0 saturated carbocycles. The van der Waals surface area contributed by atoms with E-state index in [1.165, 1.54) is 16.9 Å². The maximum Gasteiger partial charge on any atom is 0.277 e. The van der Waals surface area contributed by atoms with Crippen molar-refractivity contribution >= 4 is 17.1 Å². The summed E-state index contributed by atoms with van der Waals surface area (Å²) < 4.78 is 40.2. The summed E-state index contributed by atoms with van der Waals surface area (Å²) in [6.07, 6.45) is 2.93. The lowest BCUT2D eigenvalue weighted by molar-refractivity contribution is -0.116. The van der Waals surface area contributed by atoms with E-state index in [2.05, 4.69) is 10.4 Å². The lowest BCUT2D eigenvalue weighted by atomic mass is 10.1. The number of rotatable bonds is 4. The number of halogens is 2. The molecule has 1 aliphatic rings. The van der Waals surface area contributed by atoms with E-state index in [1.54, 1.807) is 24.3 Å². The molecule has 0 aliphatic carbocycles. The number of nitrogens with zero attached hydrogens (tertiary/aromatic N) is 3. The van der Waals surface area contributed by atoms with Crippen LogP contribution in [0.15, 0.2) is 59.7 Å². The highest BCUT2D eigenvalue weighted by molar-refractivity contribution is 5.90. The topological polar surface area (TPSA) is 86.9 Å². The zero-order valence-corrected chi connectivity index (χ0v) is 15.8. The maximum absolute atomic E-state index is 13.7. The number of benzene rings is 2. The molecule has 10 heteroatoms. The average Bonchev–Trinajstić information content (AvgIpc) is 3.39. The fraction of sp³-hybridized carbons (Fsp3) is 0.0952. The summed E-state index contributed by atoms with van der Waals surface area (Å²) >= 11 is 0. The molecule has 0 unspecified atom stereocenters. The Hall–Kier alpha value is -4.21. The fourth-order valence-corrected chi connectivity index (χ4v) is 3.29. The molecule has 1 N–H and O–H groups in total. The van der Waals surface area contributed by atoms with E-state index in [4.69, 9.17) is 9.47 Å². The fourth-order valence-electron chi connectivity index (χ4n) is 3.29. The number of carbonyl (C=O) groups excluding carboxylic acids is 1. The normalized spacial score (nSPS) is 12.3. The molecular formula is C21H14F2N4O4. The van der Waals surface area contributed by atoms with Gasteiger partial charge in [0.15, 0.2) is 11.5 Å². The molecule has 2 aromatic carbocycles. The molecule has 0 bridgehead atoms. The van der Waals surface area contributed by atoms with E-state index < -0.39 is 23.1 Å². The Morgan fingerprint density at radius 3 is 2.77 bits per heavy atom. The smallest absolute Gasteiger partial charge is 0.277 e. The van der Waals surface area contributed by atoms with E-state index in [0.29, 0.717) is 17.2 Å². The van der Waals surface area contributed by atoms with Gasteiger partial charge in [-0.2, -0.15) is 5.10 Å². The number of aromatic nitrogens is 3. The second kappa shape index (κ2) is 7.24. The Balaban J connectivity index is 1.42. The van der Waals surface area contributed by atoms with Gasteiger partial charge in [0.05, 0.1) is 11.4 Å². The number of amides is 1. The number of fused-ring (bicyclic) bond motifs is 2. The zero-order chi connectivity index (χ0) is 21.5. The van der Waals surface area contributed by atoms with Crippen LogP contribution in [0, 0.1) is 11.6 Å². The summed E-state index contributed by atoms with van der Waals surface area (Å²) in [5.41, 5.74) is 0.767. The van der Waals surface area contributed by atoms with Gasteiger partial charge in [0.1, 0.15) is 23.7 Å². The number of carbonyl (C=O) groups is 1. The van der Waals surface area contributed by atoms with Crippen molar-refractivity contribution < 1.29 is 23.0 Å². The van der Waals surface area contributed by atoms with E-state index >= 15 is 0 Å². The quantitative estimate of drug-likeness (QED) is 0.545. The van der Waals surface area contributed by atoms with Crippen LogP contribution in [-0.2, 0) is 11.3 Å². The molecule has 0 fully saturated rings. The third-order valence-electron chi connectivity index (χ3n) is 4.79. The van der Waals surface area contributed by atoms with Crippen molar-refractivity contribution in [2.75, 3.05) is 12.1 Å². The lowest BCUT2D eigenvalue weighted by Gasteiger charge is -2.08. The molecule has 0 radical (unpaired) electrons. The lowest BCUT2D eigenvalue weighted by Crippen LogP contribution is -2.28. The van der Waals surface area contributed by atoms with E-state index in [1.807, 2.05) is 0 Å². The van der Waals surface area contributed by atoms with Crippen molar-refractivity contribution in [1.29, 1.82) is 0 Å². The Labute approximate surface area is 173 Å². The Morgan fingerprint density at radius 1 is 1.06 bits per heavy atom. The van der Waals surface area contributed by atoms with Gasteiger partial charge in [-0.05, 0) is 36.4 Å². The summed E-state index contributed by atoms with van der Waals surface area (Å²) in [5.74, 6) is -0.914. The number of ether oxygens (including phenoxy) is 2. The van der Waals surface area contributed by atoms with Crippen LogP contribution in [0.1, 0.15) is 0 Å². The Morgan fingerprint density at radius 2 is 1.90 bits per heavy atom. The van der Waals surface area contributed by atoms with Gasteiger partial charge in [-0.3, -0.25) is 9.59 Å². The van der Waals surface area contributed by atoms with E-state index in [-0.39, 0.29) is 24.5 Å². The highest BCUT2D eigenvalue weighted by atomic mass is 19.1. The van der Waals surface area contributed by atoms with Crippen LogP contribution in [0.25, 0.3) is 16.8 Å². The van der Waals surface area contributed by atoms with Crippen LogP contribution in [0.2, 0.25) is 0 Å². The molecule has 0 atom stereocenters. The first-order valence-electron chi connectivity index (χ1n) is 9.22. The summed E-state index contributed by atoms with van der Waals surface area (Å²) in [7, 11) is 0. The standard InChI is InChI=1S/C21H14F2N4O4/c22-13-2-3-14(23)16(8-13)24-20(28)10-26-5-6-27-17(21(26)29)9-15(25-27)12-1-4-18-19(7-12)31-11-30-18/h1-9H,10-11H2,(H,24,28). The van der Waals surface area contributed by atoms with Crippen LogP contribution in [0.4, 0.5) is 14.5 Å². The van der Waals surface area contributed by atoms with Crippen LogP contribution in [0.3, 0.4) is 0 Å². The largest absolute Gasteiger partial charge is 0.454 e. The van der Waals surface area contributed by atoms with E-state index in [0.717, 1.165) is 28.3 Å². The third kappa shape index (κ3) is 3.48. The average molecular weight is 424 g/mol. The summed E-state index contributed by atoms with van der Waals surface area (Å²) in [5, 5.41) is 6.66. The van der Waals surface area contributed by atoms with Gasteiger partial charge in [-0.15, -0.1) is 0 Å².